The summed E-state index contributed by atoms with van der Waals surface area (Å²) >= 11 is 0. The molecule has 4 nitrogen and oxygen atoms in total. The van der Waals surface area contributed by atoms with Gasteiger partial charge in [-0.3, -0.25) is 4.79 Å². The van der Waals surface area contributed by atoms with Crippen LogP contribution in [0.2, 0.25) is 0 Å². The quantitative estimate of drug-likeness (QED) is 0.565. The van der Waals surface area contributed by atoms with E-state index in [9.17, 15) is 14.7 Å². The number of rotatable bonds is 1. The number of ether oxygens (including phenoxy) is 1. The Morgan fingerprint density at radius 3 is 2.88 bits per heavy atom. The van der Waals surface area contributed by atoms with Crippen LogP contribution in [0, 0.1) is 0 Å². The highest BCUT2D eigenvalue weighted by atomic mass is 16.5. The number of fused-ring (bicyclic) bond motifs is 1. The molecule has 1 aliphatic rings. The Hall–Kier alpha value is -2.10. The monoisotopic (exact) mass is 218 g/mol. The van der Waals surface area contributed by atoms with Crippen molar-refractivity contribution in [2.75, 3.05) is 7.11 Å². The van der Waals surface area contributed by atoms with Gasteiger partial charge in [-0.15, -0.1) is 0 Å². The summed E-state index contributed by atoms with van der Waals surface area (Å²) in [6.45, 7) is 0. The third-order valence-electron chi connectivity index (χ3n) is 2.53. The van der Waals surface area contributed by atoms with Crippen molar-refractivity contribution in [3.63, 3.8) is 0 Å². The number of aromatic hydroxyl groups is 1. The molecule has 0 amide bonds. The lowest BCUT2D eigenvalue weighted by Crippen LogP contribution is -2.19. The van der Waals surface area contributed by atoms with Crippen molar-refractivity contribution < 1.29 is 19.4 Å². The van der Waals surface area contributed by atoms with E-state index in [0.717, 1.165) is 0 Å². The Bertz CT molecular complexity index is 500. The van der Waals surface area contributed by atoms with Crippen molar-refractivity contribution in [3.05, 3.63) is 34.9 Å². The Kier molecular flexibility index (Phi) is 2.48. The third kappa shape index (κ3) is 1.58. The van der Waals surface area contributed by atoms with Crippen molar-refractivity contribution in [1.29, 1.82) is 0 Å². The Labute approximate surface area is 92.2 Å². The highest BCUT2D eigenvalue weighted by Gasteiger charge is 2.25. The number of carbonyl (C=O) groups is 2. The first-order chi connectivity index (χ1) is 7.63. The van der Waals surface area contributed by atoms with Crippen LogP contribution in [-0.4, -0.2) is 24.0 Å². The molecule has 0 atom stereocenters. The summed E-state index contributed by atoms with van der Waals surface area (Å²) in [5.41, 5.74) is 1.26. The predicted molar refractivity (Wildman–Crippen MR) is 56.8 cm³/mol. The zero-order chi connectivity index (χ0) is 11.7. The molecule has 0 aromatic heterocycles. The van der Waals surface area contributed by atoms with E-state index in [-0.39, 0.29) is 23.5 Å². The lowest BCUT2D eigenvalue weighted by atomic mass is 9.90. The maximum atomic E-state index is 11.6. The van der Waals surface area contributed by atoms with Crippen LogP contribution < -0.4 is 0 Å². The van der Waals surface area contributed by atoms with E-state index in [1.807, 2.05) is 0 Å². The summed E-state index contributed by atoms with van der Waals surface area (Å²) in [5, 5.41) is 9.56. The van der Waals surface area contributed by atoms with Gasteiger partial charge < -0.3 is 9.84 Å². The van der Waals surface area contributed by atoms with Gasteiger partial charge in [-0.1, -0.05) is 12.1 Å². The molecule has 0 saturated carbocycles. The lowest BCUT2D eigenvalue weighted by molar-refractivity contribution is -0.137. The largest absolute Gasteiger partial charge is 0.508 e. The molecule has 1 N–H and O–H groups in total. The van der Waals surface area contributed by atoms with Crippen LogP contribution in [-0.2, 0) is 20.7 Å². The number of methoxy groups -OCH3 is 1. The van der Waals surface area contributed by atoms with E-state index in [4.69, 9.17) is 0 Å². The average Bonchev–Trinajstić information content (AvgIpc) is 2.29. The SMILES string of the molecule is COC(=O)C1=Cc2cccc(O)c2CC1=O. The summed E-state index contributed by atoms with van der Waals surface area (Å²) in [7, 11) is 1.23. The van der Waals surface area contributed by atoms with Crippen LogP contribution in [0.15, 0.2) is 23.8 Å². The minimum absolute atomic E-state index is 0.0283. The summed E-state index contributed by atoms with van der Waals surface area (Å²) in [5.74, 6) is -0.897. The summed E-state index contributed by atoms with van der Waals surface area (Å²) in [4.78, 5) is 22.9. The highest BCUT2D eigenvalue weighted by molar-refractivity contribution is 6.22. The van der Waals surface area contributed by atoms with Crippen molar-refractivity contribution >= 4 is 17.8 Å². The van der Waals surface area contributed by atoms with Crippen LogP contribution >= 0.6 is 0 Å². The molecule has 0 radical (unpaired) electrons. The topological polar surface area (TPSA) is 63.6 Å². The van der Waals surface area contributed by atoms with Gasteiger partial charge in [0.1, 0.15) is 11.3 Å². The maximum absolute atomic E-state index is 11.6. The molecule has 0 spiro atoms. The van der Waals surface area contributed by atoms with E-state index in [2.05, 4.69) is 4.74 Å². The molecular formula is C12H10O4. The average molecular weight is 218 g/mol. The Morgan fingerprint density at radius 1 is 1.44 bits per heavy atom. The molecule has 0 unspecified atom stereocenters. The molecule has 82 valence electrons. The maximum Gasteiger partial charge on any atom is 0.341 e. The Balaban J connectivity index is 2.53. The first kappa shape index (κ1) is 10.4. The van der Waals surface area contributed by atoms with Gasteiger partial charge in [-0.2, -0.15) is 0 Å². The standard InChI is InChI=1S/C12H10O4/c1-16-12(15)9-5-7-3-2-4-10(13)8(7)6-11(9)14/h2-5,13H,6H2,1H3. The molecule has 1 aromatic carbocycles. The lowest BCUT2D eigenvalue weighted by Gasteiger charge is -2.14. The molecule has 16 heavy (non-hydrogen) atoms. The second kappa shape index (κ2) is 3.81. The van der Waals surface area contributed by atoms with Gasteiger partial charge in [0.25, 0.3) is 0 Å². The highest BCUT2D eigenvalue weighted by Crippen LogP contribution is 2.28. The van der Waals surface area contributed by atoms with E-state index >= 15 is 0 Å². The van der Waals surface area contributed by atoms with Crippen molar-refractivity contribution in [1.82, 2.24) is 0 Å². The van der Waals surface area contributed by atoms with Gasteiger partial charge >= 0.3 is 5.97 Å². The molecule has 2 rings (SSSR count). The second-order valence-corrected chi connectivity index (χ2v) is 3.49. The molecule has 0 aliphatic heterocycles. The van der Waals surface area contributed by atoms with Gasteiger partial charge in [-0.25, -0.2) is 4.79 Å². The van der Waals surface area contributed by atoms with Crippen molar-refractivity contribution in [2.24, 2.45) is 0 Å². The van der Waals surface area contributed by atoms with Gasteiger partial charge in [0.05, 0.1) is 7.11 Å². The van der Waals surface area contributed by atoms with E-state index < -0.39 is 5.97 Å². The van der Waals surface area contributed by atoms with Crippen LogP contribution in [0.3, 0.4) is 0 Å². The number of benzene rings is 1. The summed E-state index contributed by atoms with van der Waals surface area (Å²) in [6, 6.07) is 4.92. The Morgan fingerprint density at radius 2 is 2.19 bits per heavy atom. The summed E-state index contributed by atoms with van der Waals surface area (Å²) in [6.07, 6.45) is 1.48. The molecule has 0 heterocycles. The van der Waals surface area contributed by atoms with E-state index in [0.29, 0.717) is 11.1 Å². The first-order valence-electron chi connectivity index (χ1n) is 4.77. The molecule has 1 aromatic rings. The van der Waals surface area contributed by atoms with E-state index in [1.165, 1.54) is 19.3 Å². The number of hydrogen-bond donors (Lipinski definition) is 1. The molecule has 1 aliphatic carbocycles. The predicted octanol–water partition coefficient (Wildman–Crippen LogP) is 1.07. The number of phenols is 1. The normalized spacial score (nSPS) is 14.1. The zero-order valence-electron chi connectivity index (χ0n) is 8.69. The van der Waals surface area contributed by atoms with Gasteiger partial charge in [-0.05, 0) is 17.7 Å². The number of ketones is 1. The molecule has 0 saturated heterocycles. The second-order valence-electron chi connectivity index (χ2n) is 3.49. The van der Waals surface area contributed by atoms with E-state index in [1.54, 1.807) is 12.1 Å². The smallest absolute Gasteiger partial charge is 0.341 e. The van der Waals surface area contributed by atoms with Crippen LogP contribution in [0.5, 0.6) is 5.75 Å². The van der Waals surface area contributed by atoms with Crippen molar-refractivity contribution in [2.45, 2.75) is 6.42 Å². The summed E-state index contributed by atoms with van der Waals surface area (Å²) < 4.78 is 4.51. The van der Waals surface area contributed by atoms with Gasteiger partial charge in [0, 0.05) is 12.0 Å². The minimum Gasteiger partial charge on any atom is -0.508 e. The van der Waals surface area contributed by atoms with Crippen LogP contribution in [0.1, 0.15) is 11.1 Å². The number of carbonyl (C=O) groups excluding carboxylic acids is 2. The van der Waals surface area contributed by atoms with Crippen molar-refractivity contribution in [3.8, 4) is 5.75 Å². The minimum atomic E-state index is -0.640. The van der Waals surface area contributed by atoms with Crippen LogP contribution in [0.4, 0.5) is 0 Å². The first-order valence-corrected chi connectivity index (χ1v) is 4.77. The fourth-order valence-electron chi connectivity index (χ4n) is 1.69. The molecule has 4 heteroatoms. The van der Waals surface area contributed by atoms with Gasteiger partial charge in [0.15, 0.2) is 5.78 Å². The van der Waals surface area contributed by atoms with Gasteiger partial charge in [0.2, 0.25) is 0 Å². The third-order valence-corrected chi connectivity index (χ3v) is 2.53. The fourth-order valence-corrected chi connectivity index (χ4v) is 1.69. The number of phenolic OH excluding ortho intramolecular Hbond substituents is 1. The number of hydrogen-bond acceptors (Lipinski definition) is 4. The number of esters is 1. The molecule has 0 fully saturated rings. The fraction of sp³-hybridized carbons (Fsp3) is 0.167. The number of Topliss-reactive ketones (excluding diaryl/α,β-unsaturated/α-hetero) is 1. The molecular weight excluding hydrogens is 208 g/mol. The molecule has 0 bridgehead atoms. The zero-order valence-corrected chi connectivity index (χ0v) is 8.69. The van der Waals surface area contributed by atoms with Crippen LogP contribution in [0.25, 0.3) is 6.08 Å².